The highest BCUT2D eigenvalue weighted by Crippen LogP contribution is 2.28. The van der Waals surface area contributed by atoms with E-state index in [2.05, 4.69) is 0 Å². The van der Waals surface area contributed by atoms with Gasteiger partial charge in [0.05, 0.1) is 10.1 Å². The summed E-state index contributed by atoms with van der Waals surface area (Å²) < 4.78 is 25.1. The minimum absolute atomic E-state index is 0.381. The maximum absolute atomic E-state index is 12.5. The summed E-state index contributed by atoms with van der Waals surface area (Å²) in [6.07, 6.45) is 0. The predicted molar refractivity (Wildman–Crippen MR) is 78.0 cm³/mol. The van der Waals surface area contributed by atoms with E-state index < -0.39 is 15.1 Å². The van der Waals surface area contributed by atoms with E-state index in [-0.39, 0.29) is 0 Å². The van der Waals surface area contributed by atoms with Gasteiger partial charge in [-0.05, 0) is 38.5 Å². The summed E-state index contributed by atoms with van der Waals surface area (Å²) in [6.45, 7) is 5.67. The molecule has 1 atom stereocenters. The number of rotatable bonds is 3. The zero-order valence-corrected chi connectivity index (χ0v) is 12.2. The van der Waals surface area contributed by atoms with E-state index in [0.29, 0.717) is 4.90 Å². The summed E-state index contributed by atoms with van der Waals surface area (Å²) in [5, 5.41) is -0.532. The van der Waals surface area contributed by atoms with Crippen LogP contribution in [0.3, 0.4) is 0 Å². The quantitative estimate of drug-likeness (QED) is 0.852. The van der Waals surface area contributed by atoms with Crippen molar-refractivity contribution in [1.29, 1.82) is 0 Å². The maximum Gasteiger partial charge on any atom is 0.185 e. The first-order chi connectivity index (χ1) is 8.91. The van der Waals surface area contributed by atoms with E-state index in [9.17, 15) is 8.42 Å². The van der Waals surface area contributed by atoms with Gasteiger partial charge < -0.3 is 0 Å². The molecule has 0 saturated carbocycles. The Morgan fingerprint density at radius 3 is 1.68 bits per heavy atom. The van der Waals surface area contributed by atoms with Crippen LogP contribution in [0, 0.1) is 13.8 Å². The summed E-state index contributed by atoms with van der Waals surface area (Å²) in [4.78, 5) is 0.381. The Morgan fingerprint density at radius 1 is 0.789 bits per heavy atom. The molecule has 0 amide bonds. The van der Waals surface area contributed by atoms with Crippen molar-refractivity contribution in [2.24, 2.45) is 0 Å². The lowest BCUT2D eigenvalue weighted by molar-refractivity contribution is 0.586. The molecule has 1 unspecified atom stereocenters. The molecule has 3 heteroatoms. The molecule has 2 rings (SSSR count). The van der Waals surface area contributed by atoms with Gasteiger partial charge in [0.1, 0.15) is 0 Å². The van der Waals surface area contributed by atoms with Crippen LogP contribution in [-0.4, -0.2) is 8.42 Å². The molecule has 0 radical (unpaired) electrons. The first-order valence-electron chi connectivity index (χ1n) is 6.28. The zero-order chi connectivity index (χ0) is 14.0. The molecule has 0 fully saturated rings. The molecule has 0 N–H and O–H groups in total. The second-order valence-corrected chi connectivity index (χ2v) is 7.18. The Bertz CT molecular complexity index is 653. The topological polar surface area (TPSA) is 34.1 Å². The highest BCUT2D eigenvalue weighted by Gasteiger charge is 2.24. The van der Waals surface area contributed by atoms with E-state index in [0.717, 1.165) is 16.7 Å². The molecule has 19 heavy (non-hydrogen) atoms. The molecule has 0 saturated heterocycles. The molecule has 0 heterocycles. The van der Waals surface area contributed by atoms with Gasteiger partial charge in [-0.15, -0.1) is 0 Å². The monoisotopic (exact) mass is 274 g/mol. The molecular weight excluding hydrogens is 256 g/mol. The van der Waals surface area contributed by atoms with Crippen molar-refractivity contribution >= 4 is 9.84 Å². The second-order valence-electron chi connectivity index (χ2n) is 4.91. The van der Waals surface area contributed by atoms with Gasteiger partial charge >= 0.3 is 0 Å². The van der Waals surface area contributed by atoms with Gasteiger partial charge in [0.25, 0.3) is 0 Å². The van der Waals surface area contributed by atoms with Crippen molar-refractivity contribution in [2.45, 2.75) is 30.9 Å². The third-order valence-electron chi connectivity index (χ3n) is 3.36. The molecule has 0 aliphatic carbocycles. The summed E-state index contributed by atoms with van der Waals surface area (Å²) in [5.41, 5.74) is 3.01. The lowest BCUT2D eigenvalue weighted by Gasteiger charge is -2.14. The number of hydrogen-bond acceptors (Lipinski definition) is 2. The molecule has 2 aromatic rings. The third-order valence-corrected chi connectivity index (χ3v) is 5.49. The normalized spacial score (nSPS) is 13.2. The molecule has 2 aromatic carbocycles. The van der Waals surface area contributed by atoms with Gasteiger partial charge in [0.15, 0.2) is 9.84 Å². The van der Waals surface area contributed by atoms with Crippen LogP contribution in [0.15, 0.2) is 53.4 Å². The summed E-state index contributed by atoms with van der Waals surface area (Å²) in [5.74, 6) is 0. The Kier molecular flexibility index (Phi) is 3.76. The van der Waals surface area contributed by atoms with Crippen LogP contribution >= 0.6 is 0 Å². The summed E-state index contributed by atoms with van der Waals surface area (Å²) in [7, 11) is -3.32. The van der Waals surface area contributed by atoms with Crippen LogP contribution in [-0.2, 0) is 9.84 Å². The van der Waals surface area contributed by atoms with Crippen LogP contribution in [0.2, 0.25) is 0 Å². The minimum atomic E-state index is -3.32. The van der Waals surface area contributed by atoms with Crippen molar-refractivity contribution in [1.82, 2.24) is 0 Å². The fourth-order valence-electron chi connectivity index (χ4n) is 1.95. The Hall–Kier alpha value is -1.61. The van der Waals surface area contributed by atoms with Crippen LogP contribution in [0.4, 0.5) is 0 Å². The molecule has 0 aromatic heterocycles. The number of sulfone groups is 1. The summed E-state index contributed by atoms with van der Waals surface area (Å²) >= 11 is 0. The van der Waals surface area contributed by atoms with Crippen molar-refractivity contribution < 1.29 is 8.42 Å². The molecule has 0 bridgehead atoms. The van der Waals surface area contributed by atoms with Crippen LogP contribution in [0.25, 0.3) is 0 Å². The SMILES string of the molecule is Cc1ccc(C(C)S(=O)(=O)c2ccc(C)cc2)cc1. The minimum Gasteiger partial charge on any atom is -0.223 e. The van der Waals surface area contributed by atoms with E-state index >= 15 is 0 Å². The predicted octanol–water partition coefficient (Wildman–Crippen LogP) is 3.84. The smallest absolute Gasteiger partial charge is 0.185 e. The Morgan fingerprint density at radius 2 is 1.21 bits per heavy atom. The third kappa shape index (κ3) is 2.87. The van der Waals surface area contributed by atoms with E-state index in [4.69, 9.17) is 0 Å². The molecule has 100 valence electrons. The van der Waals surface area contributed by atoms with Crippen molar-refractivity contribution in [3.05, 3.63) is 65.2 Å². The van der Waals surface area contributed by atoms with Gasteiger partial charge in [-0.1, -0.05) is 47.5 Å². The first-order valence-corrected chi connectivity index (χ1v) is 7.83. The number of aryl methyl sites for hydroxylation is 2. The summed E-state index contributed by atoms with van der Waals surface area (Å²) in [6, 6.07) is 14.7. The van der Waals surface area contributed by atoms with Crippen molar-refractivity contribution in [2.75, 3.05) is 0 Å². The zero-order valence-electron chi connectivity index (χ0n) is 11.4. The molecular formula is C16H18O2S. The van der Waals surface area contributed by atoms with E-state index in [1.54, 1.807) is 19.1 Å². The highest BCUT2D eigenvalue weighted by atomic mass is 32.2. The van der Waals surface area contributed by atoms with E-state index in [1.807, 2.05) is 50.2 Å². The molecule has 0 aliphatic rings. The van der Waals surface area contributed by atoms with Gasteiger partial charge in [0, 0.05) is 0 Å². The Balaban J connectivity index is 2.39. The first kappa shape index (κ1) is 13.8. The lowest BCUT2D eigenvalue weighted by Crippen LogP contribution is -2.10. The van der Waals surface area contributed by atoms with Gasteiger partial charge in [-0.25, -0.2) is 8.42 Å². The fraction of sp³-hybridized carbons (Fsp3) is 0.250. The van der Waals surface area contributed by atoms with Crippen LogP contribution in [0.5, 0.6) is 0 Å². The average Bonchev–Trinajstić information content (AvgIpc) is 2.39. The molecule has 0 spiro atoms. The lowest BCUT2D eigenvalue weighted by atomic mass is 10.1. The maximum atomic E-state index is 12.5. The fourth-order valence-corrected chi connectivity index (χ4v) is 3.39. The van der Waals surface area contributed by atoms with E-state index in [1.165, 1.54) is 0 Å². The van der Waals surface area contributed by atoms with Crippen molar-refractivity contribution in [3.63, 3.8) is 0 Å². The standard InChI is InChI=1S/C16H18O2S/c1-12-4-8-15(9-5-12)14(3)19(17,18)16-10-6-13(2)7-11-16/h4-11,14H,1-3H3. The van der Waals surface area contributed by atoms with Crippen LogP contribution in [0.1, 0.15) is 28.9 Å². The number of hydrogen-bond donors (Lipinski definition) is 0. The Labute approximate surface area is 115 Å². The highest BCUT2D eigenvalue weighted by molar-refractivity contribution is 7.91. The molecule has 2 nitrogen and oxygen atoms in total. The van der Waals surface area contributed by atoms with Gasteiger partial charge in [0.2, 0.25) is 0 Å². The number of benzene rings is 2. The van der Waals surface area contributed by atoms with Crippen LogP contribution < -0.4 is 0 Å². The largest absolute Gasteiger partial charge is 0.223 e. The van der Waals surface area contributed by atoms with Gasteiger partial charge in [-0.2, -0.15) is 0 Å². The van der Waals surface area contributed by atoms with Gasteiger partial charge in [-0.3, -0.25) is 0 Å². The second kappa shape index (κ2) is 5.17. The average molecular weight is 274 g/mol. The molecule has 0 aliphatic heterocycles. The van der Waals surface area contributed by atoms with Crippen molar-refractivity contribution in [3.8, 4) is 0 Å².